The number of H-pyrrole nitrogens is 1. The van der Waals surface area contributed by atoms with E-state index in [0.29, 0.717) is 34.8 Å². The van der Waals surface area contributed by atoms with Gasteiger partial charge in [-0.05, 0) is 38.1 Å². The lowest BCUT2D eigenvalue weighted by Crippen LogP contribution is -2.50. The minimum Gasteiger partial charge on any atom is -0.482 e. The largest absolute Gasteiger partial charge is 0.482 e. The predicted octanol–water partition coefficient (Wildman–Crippen LogP) is 2.50. The number of likely N-dealkylation sites (N-methyl/N-ethyl adjacent to an activating group) is 1. The van der Waals surface area contributed by atoms with E-state index in [0.717, 1.165) is 0 Å². The van der Waals surface area contributed by atoms with Crippen LogP contribution in [0.2, 0.25) is 0 Å². The van der Waals surface area contributed by atoms with Crippen LogP contribution in [0.5, 0.6) is 11.5 Å². The van der Waals surface area contributed by atoms with E-state index in [4.69, 9.17) is 9.47 Å². The Morgan fingerprint density at radius 1 is 1.11 bits per heavy atom. The lowest BCUT2D eigenvalue weighted by Gasteiger charge is -2.34. The number of nitrogens with one attached hydrogen (secondary N) is 1. The van der Waals surface area contributed by atoms with Crippen molar-refractivity contribution in [2.45, 2.75) is 32.6 Å². The van der Waals surface area contributed by atoms with E-state index in [2.05, 4.69) is 9.97 Å². The van der Waals surface area contributed by atoms with Crippen LogP contribution in [0.4, 0.5) is 0 Å². The summed E-state index contributed by atoms with van der Waals surface area (Å²) in [7, 11) is 0. The predicted molar refractivity (Wildman–Crippen MR) is 104 cm³/mol. The molecule has 1 aliphatic rings. The number of nitrogens with zero attached hydrogens (tertiary/aromatic N) is 2. The zero-order chi connectivity index (χ0) is 19.7. The number of carbonyl (C=O) groups is 1. The minimum atomic E-state index is -0.762. The molecule has 0 saturated heterocycles. The smallest absolute Gasteiger partial charge is 0.267 e. The van der Waals surface area contributed by atoms with Crippen LogP contribution < -0.4 is 15.0 Å². The second kappa shape index (κ2) is 7.34. The number of ether oxygens (including phenoxy) is 2. The quantitative estimate of drug-likeness (QED) is 0.753. The van der Waals surface area contributed by atoms with Gasteiger partial charge in [0, 0.05) is 6.54 Å². The van der Waals surface area contributed by atoms with Crippen LogP contribution in [0.3, 0.4) is 0 Å². The molecule has 1 N–H and O–H groups in total. The first-order chi connectivity index (χ1) is 13.6. The number of amides is 1. The Hall–Kier alpha value is -3.35. The Labute approximate surface area is 161 Å². The van der Waals surface area contributed by atoms with Gasteiger partial charge in [-0.2, -0.15) is 0 Å². The molecule has 28 heavy (non-hydrogen) atoms. The number of hydrogen-bond donors (Lipinski definition) is 1. The molecule has 2 atom stereocenters. The fraction of sp³-hybridized carbons (Fsp3) is 0.286. The highest BCUT2D eigenvalue weighted by Crippen LogP contribution is 2.34. The Kier molecular flexibility index (Phi) is 4.73. The minimum absolute atomic E-state index is 0.184. The van der Waals surface area contributed by atoms with Crippen LogP contribution in [-0.4, -0.2) is 39.5 Å². The number of hydrogen-bond acceptors (Lipinski definition) is 5. The van der Waals surface area contributed by atoms with Gasteiger partial charge in [0.1, 0.15) is 11.9 Å². The summed E-state index contributed by atoms with van der Waals surface area (Å²) in [6.07, 6.45) is -1.19. The summed E-state index contributed by atoms with van der Waals surface area (Å²) in [4.78, 5) is 34.2. The molecule has 0 radical (unpaired) electrons. The number of para-hydroxylation sites is 3. The normalized spacial score (nSPS) is 18.1. The SMILES string of the molecule is CCN(Cc1nc2ccccc2c(=O)[nH]1)C(=O)[C@H]1Oc2ccccc2O[C@@H]1C. The first-order valence-corrected chi connectivity index (χ1v) is 9.26. The molecule has 3 aromatic rings. The number of rotatable bonds is 4. The summed E-state index contributed by atoms with van der Waals surface area (Å²) in [5.74, 6) is 1.40. The molecule has 2 aromatic carbocycles. The number of aromatic nitrogens is 2. The van der Waals surface area contributed by atoms with Crippen LogP contribution in [0.15, 0.2) is 53.3 Å². The second-order valence-electron chi connectivity index (χ2n) is 6.69. The molecule has 1 aromatic heterocycles. The molecular weight excluding hydrogens is 358 g/mol. The highest BCUT2D eigenvalue weighted by atomic mass is 16.6. The summed E-state index contributed by atoms with van der Waals surface area (Å²) >= 11 is 0. The van der Waals surface area contributed by atoms with Gasteiger partial charge in [0.2, 0.25) is 6.10 Å². The average Bonchev–Trinajstić information content (AvgIpc) is 2.71. The number of aromatic amines is 1. The maximum absolute atomic E-state index is 13.1. The standard InChI is InChI=1S/C21H21N3O4/c1-3-24(12-18-22-15-9-5-4-8-14(15)20(25)23-18)21(26)19-13(2)27-16-10-6-7-11-17(16)28-19/h4-11,13,19H,3,12H2,1-2H3,(H,22,23,25)/t13-,19+/m1/s1. The fourth-order valence-corrected chi connectivity index (χ4v) is 3.31. The molecule has 144 valence electrons. The molecule has 1 amide bonds. The van der Waals surface area contributed by atoms with Crippen molar-refractivity contribution in [1.29, 1.82) is 0 Å². The van der Waals surface area contributed by atoms with Gasteiger partial charge >= 0.3 is 0 Å². The first-order valence-electron chi connectivity index (χ1n) is 9.26. The second-order valence-corrected chi connectivity index (χ2v) is 6.69. The molecular formula is C21H21N3O4. The molecule has 4 rings (SSSR count). The highest BCUT2D eigenvalue weighted by Gasteiger charge is 2.36. The van der Waals surface area contributed by atoms with E-state index in [1.54, 1.807) is 29.2 Å². The zero-order valence-electron chi connectivity index (χ0n) is 15.7. The molecule has 0 spiro atoms. The lowest BCUT2D eigenvalue weighted by atomic mass is 10.1. The van der Waals surface area contributed by atoms with Crippen LogP contribution in [-0.2, 0) is 11.3 Å². The van der Waals surface area contributed by atoms with Crippen molar-refractivity contribution in [1.82, 2.24) is 14.9 Å². The molecule has 1 aliphatic heterocycles. The van der Waals surface area contributed by atoms with E-state index in [1.807, 2.05) is 38.1 Å². The number of fused-ring (bicyclic) bond motifs is 2. The highest BCUT2D eigenvalue weighted by molar-refractivity contribution is 5.82. The average molecular weight is 379 g/mol. The molecule has 0 unspecified atom stereocenters. The van der Waals surface area contributed by atoms with E-state index >= 15 is 0 Å². The van der Waals surface area contributed by atoms with Gasteiger partial charge in [-0.1, -0.05) is 24.3 Å². The van der Waals surface area contributed by atoms with Crippen molar-refractivity contribution in [2.24, 2.45) is 0 Å². The van der Waals surface area contributed by atoms with Crippen molar-refractivity contribution < 1.29 is 14.3 Å². The van der Waals surface area contributed by atoms with Crippen molar-refractivity contribution in [2.75, 3.05) is 6.54 Å². The van der Waals surface area contributed by atoms with E-state index in [9.17, 15) is 9.59 Å². The number of carbonyl (C=O) groups excluding carboxylic acids is 1. The molecule has 7 nitrogen and oxygen atoms in total. The molecule has 0 fully saturated rings. The molecule has 0 saturated carbocycles. The zero-order valence-corrected chi connectivity index (χ0v) is 15.7. The Morgan fingerprint density at radius 3 is 2.54 bits per heavy atom. The van der Waals surface area contributed by atoms with Crippen molar-refractivity contribution >= 4 is 16.8 Å². The maximum Gasteiger partial charge on any atom is 0.267 e. The molecule has 7 heteroatoms. The van der Waals surface area contributed by atoms with Crippen LogP contribution in [0.1, 0.15) is 19.7 Å². The monoisotopic (exact) mass is 379 g/mol. The fourth-order valence-electron chi connectivity index (χ4n) is 3.31. The van der Waals surface area contributed by atoms with Gasteiger partial charge in [0.15, 0.2) is 11.5 Å². The summed E-state index contributed by atoms with van der Waals surface area (Å²) in [6, 6.07) is 14.4. The third-order valence-electron chi connectivity index (χ3n) is 4.78. The van der Waals surface area contributed by atoms with Gasteiger partial charge in [-0.3, -0.25) is 9.59 Å². The third-order valence-corrected chi connectivity index (χ3v) is 4.78. The van der Waals surface area contributed by atoms with Crippen LogP contribution in [0, 0.1) is 0 Å². The molecule has 0 aliphatic carbocycles. The van der Waals surface area contributed by atoms with Crippen molar-refractivity contribution in [3.05, 3.63) is 64.7 Å². The Morgan fingerprint density at radius 2 is 1.79 bits per heavy atom. The van der Waals surface area contributed by atoms with E-state index in [-0.39, 0.29) is 18.0 Å². The van der Waals surface area contributed by atoms with Crippen LogP contribution in [0.25, 0.3) is 10.9 Å². The summed E-state index contributed by atoms with van der Waals surface area (Å²) < 4.78 is 11.8. The summed E-state index contributed by atoms with van der Waals surface area (Å²) in [6.45, 7) is 4.31. The van der Waals surface area contributed by atoms with Crippen molar-refractivity contribution in [3.63, 3.8) is 0 Å². The van der Waals surface area contributed by atoms with E-state index < -0.39 is 12.2 Å². The van der Waals surface area contributed by atoms with Gasteiger partial charge in [-0.15, -0.1) is 0 Å². The molecule has 2 heterocycles. The topological polar surface area (TPSA) is 84.5 Å². The van der Waals surface area contributed by atoms with Gasteiger partial charge in [-0.25, -0.2) is 4.98 Å². The van der Waals surface area contributed by atoms with Gasteiger partial charge < -0.3 is 19.4 Å². The van der Waals surface area contributed by atoms with Gasteiger partial charge in [0.05, 0.1) is 17.4 Å². The Balaban J connectivity index is 1.57. The van der Waals surface area contributed by atoms with Gasteiger partial charge in [0.25, 0.3) is 11.5 Å². The summed E-state index contributed by atoms with van der Waals surface area (Å²) in [5.41, 5.74) is 0.382. The van der Waals surface area contributed by atoms with Crippen LogP contribution >= 0.6 is 0 Å². The third kappa shape index (κ3) is 3.31. The maximum atomic E-state index is 13.1. The summed E-state index contributed by atoms with van der Waals surface area (Å²) in [5, 5.41) is 0.523. The first kappa shape index (κ1) is 18.0. The Bertz CT molecular complexity index is 1080. The van der Waals surface area contributed by atoms with E-state index in [1.165, 1.54) is 0 Å². The lowest BCUT2D eigenvalue weighted by molar-refractivity contribution is -0.144. The number of benzene rings is 2. The van der Waals surface area contributed by atoms with Crippen molar-refractivity contribution in [3.8, 4) is 11.5 Å². The molecule has 0 bridgehead atoms.